The van der Waals surface area contributed by atoms with Crippen LogP contribution in [-0.2, 0) is 28.6 Å². The average molecular weight is 757 g/mol. The second-order valence-corrected chi connectivity index (χ2v) is 14.9. The minimum Gasteiger partial charge on any atom is -0.477 e. The van der Waals surface area contributed by atoms with E-state index in [-0.39, 0.29) is 42.7 Å². The van der Waals surface area contributed by atoms with E-state index in [9.17, 15) is 19.5 Å². The van der Waals surface area contributed by atoms with Crippen LogP contribution in [0.5, 0.6) is 0 Å². The van der Waals surface area contributed by atoms with E-state index < -0.39 is 18.1 Å². The first-order valence-electron chi connectivity index (χ1n) is 21.0. The maximum absolute atomic E-state index is 12.7. The number of hydrogen-bond donors (Lipinski definition) is 1. The summed E-state index contributed by atoms with van der Waals surface area (Å²) in [5.74, 6) is -1.60. The molecule has 0 spiro atoms. The van der Waals surface area contributed by atoms with Crippen molar-refractivity contribution in [1.82, 2.24) is 0 Å². The quantitative estimate of drug-likeness (QED) is 0.0294. The Balaban J connectivity index is 4.53. The van der Waals surface area contributed by atoms with Crippen LogP contribution in [0, 0.1) is 0 Å². The van der Waals surface area contributed by atoms with Crippen molar-refractivity contribution in [1.29, 1.82) is 0 Å². The number of ether oxygens (including phenoxy) is 3. The van der Waals surface area contributed by atoms with Crippen molar-refractivity contribution in [3.63, 3.8) is 0 Å². The van der Waals surface area contributed by atoms with Crippen molar-refractivity contribution in [2.24, 2.45) is 0 Å². The van der Waals surface area contributed by atoms with Gasteiger partial charge in [-0.15, -0.1) is 0 Å². The third kappa shape index (κ3) is 34.5. The van der Waals surface area contributed by atoms with Gasteiger partial charge in [0.2, 0.25) is 0 Å². The van der Waals surface area contributed by atoms with Crippen molar-refractivity contribution in [2.75, 3.05) is 41.0 Å². The number of rotatable bonds is 36. The largest absolute Gasteiger partial charge is 0.477 e. The molecule has 0 aromatic heterocycles. The van der Waals surface area contributed by atoms with E-state index in [2.05, 4.69) is 74.6 Å². The summed E-state index contributed by atoms with van der Waals surface area (Å²) in [5, 5.41) is 9.60. The Morgan fingerprint density at radius 1 is 0.574 bits per heavy atom. The van der Waals surface area contributed by atoms with E-state index >= 15 is 0 Å². The Kier molecular flexibility index (Phi) is 34.5. The lowest BCUT2D eigenvalue weighted by molar-refractivity contribution is -0.887. The summed E-state index contributed by atoms with van der Waals surface area (Å²) in [6, 6.07) is -0.630. The molecule has 54 heavy (non-hydrogen) atoms. The van der Waals surface area contributed by atoms with Crippen LogP contribution in [0.4, 0.5) is 0 Å². The number of carbonyl (C=O) groups is 3. The molecule has 0 aliphatic carbocycles. The third-order valence-electron chi connectivity index (χ3n) is 8.85. The summed E-state index contributed by atoms with van der Waals surface area (Å²) in [6.45, 7) is 4.50. The van der Waals surface area contributed by atoms with E-state index in [0.717, 1.165) is 64.2 Å². The number of carboxylic acid groups (broad SMARTS) is 1. The lowest BCUT2D eigenvalue weighted by atomic mass is 10.1. The number of carbonyl (C=O) groups excluding carboxylic acids is 2. The lowest BCUT2D eigenvalue weighted by Crippen LogP contribution is -2.50. The van der Waals surface area contributed by atoms with Crippen LogP contribution in [0.1, 0.15) is 149 Å². The maximum atomic E-state index is 12.7. The number of aliphatic carboxylic acids is 1. The molecule has 0 aliphatic rings. The molecular weight excluding hydrogens is 679 g/mol. The maximum Gasteiger partial charge on any atom is 0.362 e. The molecule has 0 bridgehead atoms. The first-order chi connectivity index (χ1) is 26.1. The fourth-order valence-electron chi connectivity index (χ4n) is 5.60. The van der Waals surface area contributed by atoms with Crippen molar-refractivity contribution >= 4 is 17.9 Å². The van der Waals surface area contributed by atoms with Crippen molar-refractivity contribution in [2.45, 2.75) is 161 Å². The van der Waals surface area contributed by atoms with Gasteiger partial charge >= 0.3 is 17.9 Å². The topological polar surface area (TPSA) is 99.1 Å². The Hall–Kier alpha value is -3.23. The number of nitrogens with zero attached hydrogens (tertiary/aromatic N) is 1. The van der Waals surface area contributed by atoms with E-state index in [4.69, 9.17) is 14.2 Å². The molecule has 0 saturated carbocycles. The van der Waals surface area contributed by atoms with Gasteiger partial charge in [0.15, 0.2) is 12.1 Å². The smallest absolute Gasteiger partial charge is 0.362 e. The van der Waals surface area contributed by atoms with Gasteiger partial charge in [-0.1, -0.05) is 132 Å². The molecule has 0 heterocycles. The molecule has 0 aromatic carbocycles. The molecule has 8 nitrogen and oxygen atoms in total. The summed E-state index contributed by atoms with van der Waals surface area (Å²) >= 11 is 0. The number of esters is 2. The summed E-state index contributed by atoms with van der Waals surface area (Å²) in [5.41, 5.74) is 0. The Labute approximate surface area is 330 Å². The average Bonchev–Trinajstić information content (AvgIpc) is 3.12. The van der Waals surface area contributed by atoms with E-state index in [1.807, 2.05) is 33.3 Å². The second-order valence-electron chi connectivity index (χ2n) is 14.9. The molecule has 2 atom stereocenters. The monoisotopic (exact) mass is 757 g/mol. The van der Waals surface area contributed by atoms with Crippen molar-refractivity contribution < 1.29 is 38.2 Å². The number of unbranched alkanes of at least 4 members (excludes halogenated alkanes) is 10. The van der Waals surface area contributed by atoms with Crippen molar-refractivity contribution in [3.8, 4) is 0 Å². The number of allylic oxidation sites excluding steroid dienone is 12. The molecule has 2 unspecified atom stereocenters. The minimum absolute atomic E-state index is 0.0286. The molecule has 0 fully saturated rings. The number of hydrogen-bond acceptors (Lipinski definition) is 6. The van der Waals surface area contributed by atoms with Gasteiger partial charge in [0.25, 0.3) is 0 Å². The van der Waals surface area contributed by atoms with E-state index in [1.54, 1.807) is 0 Å². The van der Waals surface area contributed by atoms with Gasteiger partial charge in [-0.05, 0) is 70.6 Å². The first-order valence-corrected chi connectivity index (χ1v) is 21.0. The number of quaternary nitrogens is 1. The summed E-state index contributed by atoms with van der Waals surface area (Å²) in [4.78, 5) is 36.9. The van der Waals surface area contributed by atoms with Gasteiger partial charge in [0, 0.05) is 19.3 Å². The minimum atomic E-state index is -0.890. The molecule has 308 valence electrons. The highest BCUT2D eigenvalue weighted by Gasteiger charge is 2.31. The zero-order valence-corrected chi connectivity index (χ0v) is 34.9. The summed E-state index contributed by atoms with van der Waals surface area (Å²) < 4.78 is 17.1. The molecule has 0 saturated heterocycles. The molecule has 0 radical (unpaired) electrons. The number of carboxylic acids is 1. The molecular formula is C46H78NO7+. The Bertz CT molecular complexity index is 1110. The van der Waals surface area contributed by atoms with Gasteiger partial charge < -0.3 is 23.8 Å². The third-order valence-corrected chi connectivity index (χ3v) is 8.85. The highest BCUT2D eigenvalue weighted by molar-refractivity contribution is 5.72. The summed E-state index contributed by atoms with van der Waals surface area (Å²) in [6.07, 6.45) is 45.3. The normalized spacial score (nSPS) is 13.7. The van der Waals surface area contributed by atoms with Crippen molar-refractivity contribution in [3.05, 3.63) is 72.9 Å². The summed E-state index contributed by atoms with van der Waals surface area (Å²) in [7, 11) is 5.49. The SMILES string of the molecule is CC/C=C/C/C=C/C/C=C/C/C=C/C/C=C/CCC(=O)OCC(COCCC(C(=O)O)[N+](C)(C)C)OC(=O)CCCCC/C=C/CCCCCCCCC. The molecule has 0 amide bonds. The lowest BCUT2D eigenvalue weighted by Gasteiger charge is -2.31. The molecule has 0 rings (SSSR count). The Morgan fingerprint density at radius 3 is 1.61 bits per heavy atom. The predicted molar refractivity (Wildman–Crippen MR) is 224 cm³/mol. The van der Waals surface area contributed by atoms with Gasteiger partial charge in [-0.25, -0.2) is 4.79 Å². The van der Waals surface area contributed by atoms with Gasteiger partial charge in [-0.2, -0.15) is 0 Å². The van der Waals surface area contributed by atoms with E-state index in [1.165, 1.54) is 44.9 Å². The van der Waals surface area contributed by atoms with Gasteiger partial charge in [0.1, 0.15) is 6.61 Å². The number of likely N-dealkylation sites (N-methyl/N-ethyl adjacent to an activating group) is 1. The molecule has 1 N–H and O–H groups in total. The van der Waals surface area contributed by atoms with Gasteiger partial charge in [0.05, 0.1) is 34.4 Å². The van der Waals surface area contributed by atoms with Gasteiger partial charge in [-0.3, -0.25) is 9.59 Å². The van der Waals surface area contributed by atoms with E-state index in [0.29, 0.717) is 19.3 Å². The van der Waals surface area contributed by atoms with Crippen LogP contribution in [0.3, 0.4) is 0 Å². The molecule has 0 aliphatic heterocycles. The first kappa shape index (κ1) is 50.8. The highest BCUT2D eigenvalue weighted by Crippen LogP contribution is 2.12. The standard InChI is InChI=1S/C46H77NO7/c1-6-8-10-12-14-16-18-20-22-23-25-26-28-30-32-34-36-44(48)53-41-42(40-52-39-38-43(46(50)51)47(3,4)5)54-45(49)37-35-33-31-29-27-24-21-19-17-15-13-11-9-7-2/h8,10,14,16,20,22,24-27,30,32,42-43H,6-7,9,11-13,15,17-19,21,23,28-29,31,33-41H2,1-5H3/p+1/b10-8+,16-14+,22-20+,26-25+,27-24+,32-30+. The zero-order chi connectivity index (χ0) is 40.0. The highest BCUT2D eigenvalue weighted by atomic mass is 16.6. The van der Waals surface area contributed by atoms with Crippen LogP contribution >= 0.6 is 0 Å². The van der Waals surface area contributed by atoms with Crippen LogP contribution in [0.25, 0.3) is 0 Å². The second kappa shape index (κ2) is 36.7. The van der Waals surface area contributed by atoms with Crippen LogP contribution < -0.4 is 0 Å². The fourth-order valence-corrected chi connectivity index (χ4v) is 5.60. The molecule has 8 heteroatoms. The fraction of sp³-hybridized carbons (Fsp3) is 0.674. The van der Waals surface area contributed by atoms with Crippen LogP contribution in [-0.4, -0.2) is 80.6 Å². The van der Waals surface area contributed by atoms with Crippen LogP contribution in [0.2, 0.25) is 0 Å². The van der Waals surface area contributed by atoms with Crippen LogP contribution in [0.15, 0.2) is 72.9 Å². The predicted octanol–water partition coefficient (Wildman–Crippen LogP) is 11.2. The molecule has 0 aromatic rings. The zero-order valence-electron chi connectivity index (χ0n) is 34.9. The Morgan fingerprint density at radius 2 is 1.07 bits per heavy atom.